The summed E-state index contributed by atoms with van der Waals surface area (Å²) < 4.78 is 5.48. The van der Waals surface area contributed by atoms with Crippen molar-refractivity contribution >= 4 is 5.78 Å². The van der Waals surface area contributed by atoms with Crippen molar-refractivity contribution in [2.75, 3.05) is 7.11 Å². The molecule has 0 aliphatic heterocycles. The van der Waals surface area contributed by atoms with Gasteiger partial charge in [0.2, 0.25) is 0 Å². The Morgan fingerprint density at radius 2 is 1.77 bits per heavy atom. The van der Waals surface area contributed by atoms with E-state index < -0.39 is 0 Å². The van der Waals surface area contributed by atoms with Gasteiger partial charge in [-0.2, -0.15) is 0 Å². The molecule has 22 heavy (non-hydrogen) atoms. The highest BCUT2D eigenvalue weighted by Crippen LogP contribution is 2.31. The van der Waals surface area contributed by atoms with Gasteiger partial charge in [-0.1, -0.05) is 62.6 Å². The maximum Gasteiger partial charge on any atom is 0.163 e. The lowest BCUT2D eigenvalue weighted by atomic mass is 9.99. The van der Waals surface area contributed by atoms with Gasteiger partial charge in [-0.05, 0) is 24.1 Å². The number of unbranched alkanes of at least 4 members (excludes halogenated alkanes) is 3. The second-order valence-corrected chi connectivity index (χ2v) is 5.51. The Morgan fingerprint density at radius 3 is 2.45 bits per heavy atom. The highest BCUT2D eigenvalue weighted by molar-refractivity contribution is 5.97. The van der Waals surface area contributed by atoms with Crippen LogP contribution >= 0.6 is 0 Å². The zero-order valence-corrected chi connectivity index (χ0v) is 13.5. The first-order chi connectivity index (χ1) is 10.8. The zero-order chi connectivity index (χ0) is 15.8. The number of benzene rings is 2. The van der Waals surface area contributed by atoms with E-state index in [9.17, 15) is 4.79 Å². The van der Waals surface area contributed by atoms with E-state index in [-0.39, 0.29) is 5.78 Å². The second kappa shape index (κ2) is 8.38. The van der Waals surface area contributed by atoms with Gasteiger partial charge in [-0.15, -0.1) is 0 Å². The van der Waals surface area contributed by atoms with Gasteiger partial charge >= 0.3 is 0 Å². The number of carbonyl (C=O) groups is 1. The Kier molecular flexibility index (Phi) is 6.20. The largest absolute Gasteiger partial charge is 0.496 e. The monoisotopic (exact) mass is 296 g/mol. The highest BCUT2D eigenvalue weighted by Gasteiger charge is 2.11. The molecule has 0 N–H and O–H groups in total. The first kappa shape index (κ1) is 16.3. The third-order valence-corrected chi connectivity index (χ3v) is 3.87. The molecule has 0 atom stereocenters. The molecule has 0 fully saturated rings. The molecule has 2 heteroatoms. The summed E-state index contributed by atoms with van der Waals surface area (Å²) in [6, 6.07) is 15.8. The van der Waals surface area contributed by atoms with Crippen molar-refractivity contribution in [2.24, 2.45) is 0 Å². The number of Topliss-reactive ketones (excluding diaryl/α,β-unsaturated/α-hetero) is 1. The predicted octanol–water partition coefficient (Wildman–Crippen LogP) is 5.52. The van der Waals surface area contributed by atoms with Crippen LogP contribution in [0.15, 0.2) is 48.5 Å². The van der Waals surface area contributed by atoms with Crippen LogP contribution in [0.5, 0.6) is 5.75 Å². The summed E-state index contributed by atoms with van der Waals surface area (Å²) in [5.41, 5.74) is 2.86. The van der Waals surface area contributed by atoms with Crippen LogP contribution in [0.25, 0.3) is 11.1 Å². The fourth-order valence-corrected chi connectivity index (χ4v) is 2.58. The average Bonchev–Trinajstić information content (AvgIpc) is 2.58. The van der Waals surface area contributed by atoms with E-state index in [1.165, 1.54) is 12.8 Å². The molecule has 0 aliphatic carbocycles. The van der Waals surface area contributed by atoms with Gasteiger partial charge in [0, 0.05) is 17.5 Å². The van der Waals surface area contributed by atoms with Crippen LogP contribution in [0.1, 0.15) is 49.4 Å². The van der Waals surface area contributed by atoms with Crippen LogP contribution in [-0.2, 0) is 0 Å². The van der Waals surface area contributed by atoms with Crippen LogP contribution in [0.3, 0.4) is 0 Å². The van der Waals surface area contributed by atoms with Crippen molar-refractivity contribution in [2.45, 2.75) is 39.0 Å². The molecular weight excluding hydrogens is 272 g/mol. The average molecular weight is 296 g/mol. The quantitative estimate of drug-likeness (QED) is 0.474. The molecule has 0 saturated heterocycles. The third kappa shape index (κ3) is 4.20. The molecule has 2 aromatic rings. The molecule has 0 radical (unpaired) electrons. The molecular formula is C20H24O2. The maximum absolute atomic E-state index is 12.3. The third-order valence-electron chi connectivity index (χ3n) is 3.87. The summed E-state index contributed by atoms with van der Waals surface area (Å²) in [6.45, 7) is 2.18. The lowest BCUT2D eigenvalue weighted by Gasteiger charge is -2.10. The normalized spacial score (nSPS) is 10.5. The van der Waals surface area contributed by atoms with Crippen LogP contribution < -0.4 is 4.74 Å². The van der Waals surface area contributed by atoms with Crippen LogP contribution in [0.2, 0.25) is 0 Å². The molecule has 0 bridgehead atoms. The minimum atomic E-state index is 0.203. The number of rotatable bonds is 8. The number of hydrogen-bond donors (Lipinski definition) is 0. The van der Waals surface area contributed by atoms with Crippen LogP contribution in [-0.4, -0.2) is 12.9 Å². The number of hydrogen-bond acceptors (Lipinski definition) is 2. The molecule has 0 aromatic heterocycles. The highest BCUT2D eigenvalue weighted by atomic mass is 16.5. The SMILES string of the molecule is CCCCCCC(=O)c1ccc(-c2ccccc2)c(OC)c1. The fraction of sp³-hybridized carbons (Fsp3) is 0.350. The predicted molar refractivity (Wildman–Crippen MR) is 91.5 cm³/mol. The van der Waals surface area contributed by atoms with E-state index in [2.05, 4.69) is 6.92 Å². The Bertz CT molecular complexity index is 602. The van der Waals surface area contributed by atoms with Crippen LogP contribution in [0.4, 0.5) is 0 Å². The van der Waals surface area contributed by atoms with E-state index in [4.69, 9.17) is 4.74 Å². The smallest absolute Gasteiger partial charge is 0.163 e. The van der Waals surface area contributed by atoms with Gasteiger partial charge in [0.05, 0.1) is 7.11 Å². The van der Waals surface area contributed by atoms with Crippen molar-refractivity contribution in [3.63, 3.8) is 0 Å². The van der Waals surface area contributed by atoms with Gasteiger partial charge in [0.15, 0.2) is 5.78 Å². The number of carbonyl (C=O) groups excluding carboxylic acids is 1. The van der Waals surface area contributed by atoms with Crippen molar-refractivity contribution in [1.29, 1.82) is 0 Å². The second-order valence-electron chi connectivity index (χ2n) is 5.51. The minimum absolute atomic E-state index is 0.203. The van der Waals surface area contributed by atoms with E-state index in [0.717, 1.165) is 35.3 Å². The standard InChI is InChI=1S/C20H24O2/c1-3-4-5-9-12-19(21)17-13-14-18(20(15-17)22-2)16-10-7-6-8-11-16/h6-8,10-11,13-15H,3-5,9,12H2,1-2H3. The summed E-state index contributed by atoms with van der Waals surface area (Å²) in [6.07, 6.45) is 5.10. The molecule has 0 saturated carbocycles. The molecule has 0 heterocycles. The number of methoxy groups -OCH3 is 1. The van der Waals surface area contributed by atoms with E-state index >= 15 is 0 Å². The summed E-state index contributed by atoms with van der Waals surface area (Å²) in [5.74, 6) is 0.958. The Balaban J connectivity index is 2.13. The Hall–Kier alpha value is -2.09. The zero-order valence-electron chi connectivity index (χ0n) is 13.5. The first-order valence-electron chi connectivity index (χ1n) is 8.03. The van der Waals surface area contributed by atoms with Crippen molar-refractivity contribution in [3.05, 3.63) is 54.1 Å². The van der Waals surface area contributed by atoms with Crippen LogP contribution in [0, 0.1) is 0 Å². The van der Waals surface area contributed by atoms with Gasteiger partial charge in [-0.3, -0.25) is 4.79 Å². The molecule has 0 unspecified atom stereocenters. The lowest BCUT2D eigenvalue weighted by Crippen LogP contribution is -2.00. The van der Waals surface area contributed by atoms with Crippen molar-refractivity contribution in [1.82, 2.24) is 0 Å². The molecule has 0 spiro atoms. The van der Waals surface area contributed by atoms with Crippen molar-refractivity contribution < 1.29 is 9.53 Å². The Labute approximate surface area is 133 Å². The summed E-state index contributed by atoms with van der Waals surface area (Å²) in [4.78, 5) is 12.3. The van der Waals surface area contributed by atoms with Gasteiger partial charge in [0.1, 0.15) is 5.75 Å². The van der Waals surface area contributed by atoms with Gasteiger partial charge in [0.25, 0.3) is 0 Å². The molecule has 116 valence electrons. The molecule has 0 aliphatic rings. The summed E-state index contributed by atoms with van der Waals surface area (Å²) in [5, 5.41) is 0. The molecule has 2 aromatic carbocycles. The number of ketones is 1. The molecule has 2 rings (SSSR count). The number of ether oxygens (including phenoxy) is 1. The van der Waals surface area contributed by atoms with E-state index in [1.54, 1.807) is 7.11 Å². The summed E-state index contributed by atoms with van der Waals surface area (Å²) in [7, 11) is 1.65. The molecule has 2 nitrogen and oxygen atoms in total. The lowest BCUT2D eigenvalue weighted by molar-refractivity contribution is 0.0979. The maximum atomic E-state index is 12.3. The topological polar surface area (TPSA) is 26.3 Å². The fourth-order valence-electron chi connectivity index (χ4n) is 2.58. The minimum Gasteiger partial charge on any atom is -0.496 e. The van der Waals surface area contributed by atoms with E-state index in [1.807, 2.05) is 48.5 Å². The van der Waals surface area contributed by atoms with Gasteiger partial charge < -0.3 is 4.74 Å². The first-order valence-corrected chi connectivity index (χ1v) is 8.03. The van der Waals surface area contributed by atoms with E-state index in [0.29, 0.717) is 6.42 Å². The Morgan fingerprint density at radius 1 is 1.00 bits per heavy atom. The summed E-state index contributed by atoms with van der Waals surface area (Å²) >= 11 is 0. The van der Waals surface area contributed by atoms with Crippen molar-refractivity contribution in [3.8, 4) is 16.9 Å². The molecule has 0 amide bonds. The van der Waals surface area contributed by atoms with Gasteiger partial charge in [-0.25, -0.2) is 0 Å².